The number of piperidine rings is 1. The van der Waals surface area contributed by atoms with Gasteiger partial charge in [-0.1, -0.05) is 6.08 Å². The Morgan fingerprint density at radius 2 is 2.05 bits per heavy atom. The fourth-order valence-corrected chi connectivity index (χ4v) is 2.72. The quantitative estimate of drug-likeness (QED) is 0.251. The van der Waals surface area contributed by atoms with E-state index in [9.17, 15) is 8.42 Å². The molecule has 0 aliphatic carbocycles. The molecule has 0 unspecified atom stereocenters. The Balaban J connectivity index is 2.24. The molecular weight excluding hydrogens is 290 g/mol. The lowest BCUT2D eigenvalue weighted by Crippen LogP contribution is -2.49. The lowest BCUT2D eigenvalue weighted by Gasteiger charge is -2.32. The molecule has 1 aliphatic heterocycles. The van der Waals surface area contributed by atoms with Gasteiger partial charge in [0, 0.05) is 45.8 Å². The van der Waals surface area contributed by atoms with E-state index in [1.807, 2.05) is 6.08 Å². The first-order valence-electron chi connectivity index (χ1n) is 7.19. The molecular formula is C13H27N5O2S. The van der Waals surface area contributed by atoms with Gasteiger partial charge in [0.15, 0.2) is 5.96 Å². The third-order valence-corrected chi connectivity index (χ3v) is 4.05. The van der Waals surface area contributed by atoms with Crippen molar-refractivity contribution >= 4 is 16.0 Å². The minimum Gasteiger partial charge on any atom is -0.355 e. The smallest absolute Gasteiger partial charge is 0.208 e. The van der Waals surface area contributed by atoms with Gasteiger partial charge in [-0.25, -0.2) is 13.1 Å². The van der Waals surface area contributed by atoms with Crippen molar-refractivity contribution in [1.29, 1.82) is 0 Å². The third kappa shape index (κ3) is 8.03. The molecule has 1 saturated heterocycles. The van der Waals surface area contributed by atoms with Gasteiger partial charge >= 0.3 is 0 Å². The highest BCUT2D eigenvalue weighted by Crippen LogP contribution is 2.09. The molecule has 0 spiro atoms. The van der Waals surface area contributed by atoms with Crippen LogP contribution in [0.1, 0.15) is 12.8 Å². The average molecular weight is 317 g/mol. The van der Waals surface area contributed by atoms with Crippen LogP contribution in [-0.2, 0) is 10.0 Å². The van der Waals surface area contributed by atoms with Crippen LogP contribution in [0.2, 0.25) is 0 Å². The Bertz CT molecular complexity index is 441. The van der Waals surface area contributed by atoms with E-state index in [0.717, 1.165) is 38.7 Å². The van der Waals surface area contributed by atoms with Gasteiger partial charge in [-0.2, -0.15) is 0 Å². The van der Waals surface area contributed by atoms with E-state index < -0.39 is 10.0 Å². The Morgan fingerprint density at radius 1 is 1.38 bits per heavy atom. The second-order valence-corrected chi connectivity index (χ2v) is 7.01. The van der Waals surface area contributed by atoms with Crippen molar-refractivity contribution in [3.8, 4) is 0 Å². The maximum absolute atomic E-state index is 10.9. The molecule has 1 fully saturated rings. The second kappa shape index (κ2) is 9.01. The molecule has 1 heterocycles. The minimum atomic E-state index is -3.13. The lowest BCUT2D eigenvalue weighted by atomic mass is 10.1. The monoisotopic (exact) mass is 317 g/mol. The Kier molecular flexibility index (Phi) is 7.69. The standard InChI is InChI=1S/C13H27N5O2S/c1-4-9-18-10-5-12(6-11-18)17-13(14-2)15-7-8-16-21(3,19)20/h4,12,16H,1,5-11H2,2-3H3,(H2,14,15,17). The predicted octanol–water partition coefficient (Wildman–Crippen LogP) is -0.649. The van der Waals surface area contributed by atoms with Gasteiger partial charge in [-0.05, 0) is 12.8 Å². The molecule has 0 atom stereocenters. The highest BCUT2D eigenvalue weighted by atomic mass is 32.2. The summed E-state index contributed by atoms with van der Waals surface area (Å²) in [5, 5.41) is 6.48. The number of guanidine groups is 1. The van der Waals surface area contributed by atoms with Crippen molar-refractivity contribution in [2.24, 2.45) is 4.99 Å². The molecule has 0 radical (unpaired) electrons. The molecule has 0 saturated carbocycles. The Morgan fingerprint density at radius 3 is 2.57 bits per heavy atom. The summed E-state index contributed by atoms with van der Waals surface area (Å²) in [7, 11) is -1.42. The third-order valence-electron chi connectivity index (χ3n) is 3.32. The number of nitrogens with zero attached hydrogens (tertiary/aromatic N) is 2. The van der Waals surface area contributed by atoms with Gasteiger partial charge in [-0.15, -0.1) is 6.58 Å². The number of hydrogen-bond donors (Lipinski definition) is 3. The molecule has 8 heteroatoms. The van der Waals surface area contributed by atoms with Crippen LogP contribution in [0.5, 0.6) is 0 Å². The number of rotatable bonds is 7. The van der Waals surface area contributed by atoms with Gasteiger partial charge in [0.2, 0.25) is 10.0 Å². The fourth-order valence-electron chi connectivity index (χ4n) is 2.25. The van der Waals surface area contributed by atoms with Crippen molar-refractivity contribution in [3.05, 3.63) is 12.7 Å². The number of sulfonamides is 1. The van der Waals surface area contributed by atoms with Crippen LogP contribution < -0.4 is 15.4 Å². The molecule has 0 bridgehead atoms. The van der Waals surface area contributed by atoms with Crippen LogP contribution in [0, 0.1) is 0 Å². The molecule has 0 amide bonds. The normalized spacial score (nSPS) is 18.5. The molecule has 0 aromatic carbocycles. The van der Waals surface area contributed by atoms with Crippen molar-refractivity contribution in [1.82, 2.24) is 20.3 Å². The van der Waals surface area contributed by atoms with Gasteiger partial charge in [-0.3, -0.25) is 9.89 Å². The molecule has 7 nitrogen and oxygen atoms in total. The SMILES string of the molecule is C=CCN1CCC(NC(=NC)NCCNS(C)(=O)=O)CC1. The lowest BCUT2D eigenvalue weighted by molar-refractivity contribution is 0.225. The molecule has 0 aromatic heterocycles. The number of hydrogen-bond acceptors (Lipinski definition) is 4. The highest BCUT2D eigenvalue weighted by molar-refractivity contribution is 7.88. The van der Waals surface area contributed by atoms with Crippen LogP contribution in [0.25, 0.3) is 0 Å². The Labute approximate surface area is 127 Å². The summed E-state index contributed by atoms with van der Waals surface area (Å²) in [5.74, 6) is 0.715. The van der Waals surface area contributed by atoms with Crippen molar-refractivity contribution < 1.29 is 8.42 Å². The summed E-state index contributed by atoms with van der Waals surface area (Å²) in [6.45, 7) is 7.65. The van der Waals surface area contributed by atoms with Crippen molar-refractivity contribution in [3.63, 3.8) is 0 Å². The molecule has 1 aliphatic rings. The minimum absolute atomic E-state index is 0.345. The van der Waals surface area contributed by atoms with Crippen LogP contribution in [0.4, 0.5) is 0 Å². The zero-order valence-electron chi connectivity index (χ0n) is 12.9. The van der Waals surface area contributed by atoms with Gasteiger partial charge in [0.1, 0.15) is 0 Å². The second-order valence-electron chi connectivity index (χ2n) is 5.17. The summed E-state index contributed by atoms with van der Waals surface area (Å²) < 4.78 is 24.3. The van der Waals surface area contributed by atoms with Crippen LogP contribution in [-0.4, -0.2) is 71.3 Å². The Hall–Kier alpha value is -1.12. The van der Waals surface area contributed by atoms with Gasteiger partial charge in [0.05, 0.1) is 6.26 Å². The van der Waals surface area contributed by atoms with Gasteiger partial charge in [0.25, 0.3) is 0 Å². The predicted molar refractivity (Wildman–Crippen MR) is 87.0 cm³/mol. The summed E-state index contributed by atoms with van der Waals surface area (Å²) in [6, 6.07) is 0.403. The fraction of sp³-hybridized carbons (Fsp3) is 0.769. The number of aliphatic imine (C=N–C) groups is 1. The maximum atomic E-state index is 10.9. The topological polar surface area (TPSA) is 85.8 Å². The molecule has 0 aromatic rings. The molecule has 1 rings (SSSR count). The number of likely N-dealkylation sites (tertiary alicyclic amines) is 1. The molecule has 21 heavy (non-hydrogen) atoms. The van der Waals surface area contributed by atoms with Gasteiger partial charge < -0.3 is 10.6 Å². The molecule has 122 valence electrons. The zero-order valence-corrected chi connectivity index (χ0v) is 13.7. The van der Waals surface area contributed by atoms with Crippen LogP contribution in [0.15, 0.2) is 17.6 Å². The number of nitrogens with one attached hydrogen (secondary N) is 3. The summed E-state index contributed by atoms with van der Waals surface area (Å²) >= 11 is 0. The zero-order chi connectivity index (χ0) is 15.7. The summed E-state index contributed by atoms with van der Waals surface area (Å²) in [5.41, 5.74) is 0. The summed E-state index contributed by atoms with van der Waals surface area (Å²) in [4.78, 5) is 6.53. The van der Waals surface area contributed by atoms with E-state index >= 15 is 0 Å². The van der Waals surface area contributed by atoms with E-state index in [2.05, 4.69) is 31.8 Å². The molecule has 3 N–H and O–H groups in total. The van der Waals surface area contributed by atoms with Crippen LogP contribution >= 0.6 is 0 Å². The maximum Gasteiger partial charge on any atom is 0.208 e. The first kappa shape index (κ1) is 17.9. The van der Waals surface area contributed by atoms with Crippen molar-refractivity contribution in [2.75, 3.05) is 46.0 Å². The van der Waals surface area contributed by atoms with E-state index in [4.69, 9.17) is 0 Å². The first-order valence-corrected chi connectivity index (χ1v) is 9.09. The van der Waals surface area contributed by atoms with Crippen molar-refractivity contribution in [2.45, 2.75) is 18.9 Å². The van der Waals surface area contributed by atoms with Crippen LogP contribution in [0.3, 0.4) is 0 Å². The largest absolute Gasteiger partial charge is 0.355 e. The highest BCUT2D eigenvalue weighted by Gasteiger charge is 2.18. The average Bonchev–Trinajstić information content (AvgIpc) is 2.43. The van der Waals surface area contributed by atoms with E-state index in [1.165, 1.54) is 0 Å². The van der Waals surface area contributed by atoms with E-state index in [-0.39, 0.29) is 0 Å². The van der Waals surface area contributed by atoms with E-state index in [1.54, 1.807) is 7.05 Å². The van der Waals surface area contributed by atoms with E-state index in [0.29, 0.717) is 25.1 Å². The first-order chi connectivity index (χ1) is 9.94. The summed E-state index contributed by atoms with van der Waals surface area (Å²) in [6.07, 6.45) is 5.21.